The Bertz CT molecular complexity index is 867. The highest BCUT2D eigenvalue weighted by Gasteiger charge is 2.46. The monoisotopic (exact) mass is 449 g/mol. The zero-order valence-electron chi connectivity index (χ0n) is 17.5. The largest absolute Gasteiger partial charge is 0.351 e. The Morgan fingerprint density at radius 2 is 1.61 bits per heavy atom. The average molecular weight is 450 g/mol. The zero-order chi connectivity index (χ0) is 21.1. The molecular formula is C24H30ClF2N3O. The Balaban J connectivity index is 0.00000272. The molecule has 3 aliphatic rings. The molecule has 0 spiro atoms. The molecule has 3 N–H and O–H groups in total. The quantitative estimate of drug-likeness (QED) is 0.610. The fourth-order valence-corrected chi connectivity index (χ4v) is 5.31. The van der Waals surface area contributed by atoms with Crippen LogP contribution in [0.5, 0.6) is 0 Å². The smallest absolute Gasteiger partial charge is 0.319 e. The van der Waals surface area contributed by atoms with Crippen molar-refractivity contribution in [2.24, 2.45) is 11.1 Å². The summed E-state index contributed by atoms with van der Waals surface area (Å²) in [5, 5.41) is 3.82. The molecule has 1 saturated carbocycles. The molecule has 1 atom stereocenters. The molecule has 2 aromatic carbocycles. The van der Waals surface area contributed by atoms with Gasteiger partial charge in [-0.3, -0.25) is 4.90 Å². The lowest BCUT2D eigenvalue weighted by atomic mass is 9.60. The highest BCUT2D eigenvalue weighted by molar-refractivity contribution is 5.90. The first-order valence-corrected chi connectivity index (χ1v) is 10.8. The number of anilines is 1. The van der Waals surface area contributed by atoms with E-state index in [0.717, 1.165) is 19.3 Å². The molecule has 168 valence electrons. The van der Waals surface area contributed by atoms with Gasteiger partial charge in [-0.2, -0.15) is 0 Å². The molecule has 2 aliphatic heterocycles. The molecule has 2 amide bonds. The van der Waals surface area contributed by atoms with Crippen molar-refractivity contribution in [2.45, 2.75) is 57.0 Å². The second-order valence-corrected chi connectivity index (χ2v) is 8.77. The molecule has 31 heavy (non-hydrogen) atoms. The van der Waals surface area contributed by atoms with Crippen LogP contribution < -0.4 is 16.0 Å². The summed E-state index contributed by atoms with van der Waals surface area (Å²) in [7, 11) is 0. The second-order valence-electron chi connectivity index (χ2n) is 8.77. The van der Waals surface area contributed by atoms with E-state index in [1.54, 1.807) is 12.1 Å². The average Bonchev–Trinajstić information content (AvgIpc) is 2.74. The number of carbonyl (C=O) groups is 1. The standard InChI is InChI=1S/C24H29F2N3O.ClH/c25-18-5-3-17(4-6-18)16-24-13-11-20(12-14-24)28-22(24)2-1-15-29(23(27)30)21-9-7-19(26)8-10-21;/h3-10,20,22,28H,1-2,11-16H2,(H2,27,30);1H. The van der Waals surface area contributed by atoms with Crippen LogP contribution in [0.1, 0.15) is 44.1 Å². The van der Waals surface area contributed by atoms with Gasteiger partial charge in [-0.1, -0.05) is 12.1 Å². The maximum atomic E-state index is 13.3. The van der Waals surface area contributed by atoms with Gasteiger partial charge in [-0.15, -0.1) is 12.4 Å². The molecule has 7 heteroatoms. The fourth-order valence-electron chi connectivity index (χ4n) is 5.31. The maximum absolute atomic E-state index is 13.3. The summed E-state index contributed by atoms with van der Waals surface area (Å²) in [6, 6.07) is 13.1. The zero-order valence-corrected chi connectivity index (χ0v) is 18.3. The van der Waals surface area contributed by atoms with Crippen LogP contribution >= 0.6 is 12.4 Å². The first-order chi connectivity index (χ1) is 14.4. The summed E-state index contributed by atoms with van der Waals surface area (Å²) >= 11 is 0. The molecule has 1 aliphatic carbocycles. The number of hydrogen-bond acceptors (Lipinski definition) is 2. The Kier molecular flexibility index (Phi) is 7.55. The first kappa shape index (κ1) is 23.5. The maximum Gasteiger partial charge on any atom is 0.319 e. The van der Waals surface area contributed by atoms with E-state index in [1.807, 2.05) is 12.1 Å². The number of carbonyl (C=O) groups excluding carboxylic acids is 1. The lowest BCUT2D eigenvalue weighted by molar-refractivity contribution is 0.0330. The number of amides is 2. The van der Waals surface area contributed by atoms with Gasteiger partial charge in [0.15, 0.2) is 0 Å². The molecule has 2 bridgehead atoms. The van der Waals surface area contributed by atoms with Gasteiger partial charge in [-0.05, 0) is 92.3 Å². The molecule has 2 heterocycles. The van der Waals surface area contributed by atoms with Gasteiger partial charge < -0.3 is 11.1 Å². The third kappa shape index (κ3) is 5.36. The molecular weight excluding hydrogens is 420 g/mol. The number of primary amides is 1. The predicted octanol–water partition coefficient (Wildman–Crippen LogP) is 5.20. The van der Waals surface area contributed by atoms with Crippen LogP contribution in [-0.2, 0) is 6.42 Å². The summed E-state index contributed by atoms with van der Waals surface area (Å²) in [4.78, 5) is 13.4. The van der Waals surface area contributed by atoms with E-state index in [2.05, 4.69) is 5.32 Å². The lowest BCUT2D eigenvalue weighted by Crippen LogP contribution is -2.59. The number of rotatable bonds is 7. The fraction of sp³-hybridized carbons (Fsp3) is 0.458. The number of hydrogen-bond donors (Lipinski definition) is 2. The summed E-state index contributed by atoms with van der Waals surface area (Å²) in [6.45, 7) is 0.496. The van der Waals surface area contributed by atoms with Gasteiger partial charge in [-0.25, -0.2) is 13.6 Å². The van der Waals surface area contributed by atoms with Gasteiger partial charge in [0.2, 0.25) is 0 Å². The first-order valence-electron chi connectivity index (χ1n) is 10.8. The SMILES string of the molecule is Cl.NC(=O)N(CCCC1NC2CCC1(Cc1ccc(F)cc1)CC2)c1ccc(F)cc1. The number of nitrogens with one attached hydrogen (secondary N) is 1. The molecule has 3 fully saturated rings. The number of nitrogens with two attached hydrogens (primary N) is 1. The molecule has 0 aromatic heterocycles. The van der Waals surface area contributed by atoms with Crippen LogP contribution in [0.25, 0.3) is 0 Å². The van der Waals surface area contributed by atoms with Crippen molar-refractivity contribution >= 4 is 24.1 Å². The van der Waals surface area contributed by atoms with Crippen LogP contribution in [0.2, 0.25) is 0 Å². The minimum Gasteiger partial charge on any atom is -0.351 e. The Morgan fingerprint density at radius 1 is 1.03 bits per heavy atom. The normalized spacial score (nSPS) is 24.5. The van der Waals surface area contributed by atoms with Crippen molar-refractivity contribution in [3.8, 4) is 0 Å². The number of fused-ring (bicyclic) bond motifs is 3. The van der Waals surface area contributed by atoms with E-state index in [1.165, 1.54) is 60.4 Å². The van der Waals surface area contributed by atoms with Crippen LogP contribution in [-0.4, -0.2) is 24.7 Å². The number of benzene rings is 2. The van der Waals surface area contributed by atoms with Crippen molar-refractivity contribution in [1.29, 1.82) is 0 Å². The molecule has 2 aromatic rings. The van der Waals surface area contributed by atoms with E-state index in [-0.39, 0.29) is 29.5 Å². The van der Waals surface area contributed by atoms with Crippen molar-refractivity contribution in [3.63, 3.8) is 0 Å². The molecule has 5 rings (SSSR count). The van der Waals surface area contributed by atoms with Gasteiger partial charge in [0.1, 0.15) is 11.6 Å². The number of halogens is 3. The van der Waals surface area contributed by atoms with Crippen LogP contribution in [0.15, 0.2) is 48.5 Å². The van der Waals surface area contributed by atoms with Gasteiger partial charge in [0.05, 0.1) is 0 Å². The summed E-state index contributed by atoms with van der Waals surface area (Å²) < 4.78 is 26.5. The third-order valence-corrected chi connectivity index (χ3v) is 6.91. The molecule has 4 nitrogen and oxygen atoms in total. The van der Waals surface area contributed by atoms with Crippen molar-refractivity contribution < 1.29 is 13.6 Å². The number of nitrogens with zero attached hydrogens (tertiary/aromatic N) is 1. The Labute approximate surface area is 188 Å². The topological polar surface area (TPSA) is 58.4 Å². The van der Waals surface area contributed by atoms with Crippen molar-refractivity contribution in [2.75, 3.05) is 11.4 Å². The van der Waals surface area contributed by atoms with Gasteiger partial charge in [0, 0.05) is 24.3 Å². The Hall–Kier alpha value is -2.18. The number of piperidine rings is 2. The molecule has 0 radical (unpaired) electrons. The predicted molar refractivity (Wildman–Crippen MR) is 122 cm³/mol. The van der Waals surface area contributed by atoms with Crippen molar-refractivity contribution in [1.82, 2.24) is 5.32 Å². The van der Waals surface area contributed by atoms with Crippen LogP contribution in [0, 0.1) is 17.0 Å². The summed E-state index contributed by atoms with van der Waals surface area (Å²) in [5.41, 5.74) is 7.53. The third-order valence-electron chi connectivity index (χ3n) is 6.91. The Morgan fingerprint density at radius 3 is 2.19 bits per heavy atom. The van der Waals surface area contributed by atoms with Crippen LogP contribution in [0.3, 0.4) is 0 Å². The minimum absolute atomic E-state index is 0. The molecule has 1 unspecified atom stereocenters. The summed E-state index contributed by atoms with van der Waals surface area (Å²) in [5.74, 6) is -0.543. The van der Waals surface area contributed by atoms with E-state index in [0.29, 0.717) is 24.3 Å². The van der Waals surface area contributed by atoms with Gasteiger partial charge >= 0.3 is 6.03 Å². The highest BCUT2D eigenvalue weighted by Crippen LogP contribution is 2.47. The molecule has 2 saturated heterocycles. The summed E-state index contributed by atoms with van der Waals surface area (Å²) in [6.07, 6.45) is 7.38. The van der Waals surface area contributed by atoms with E-state index >= 15 is 0 Å². The second kappa shape index (κ2) is 9.96. The van der Waals surface area contributed by atoms with Gasteiger partial charge in [0.25, 0.3) is 0 Å². The van der Waals surface area contributed by atoms with E-state index in [9.17, 15) is 13.6 Å². The van der Waals surface area contributed by atoms with Crippen molar-refractivity contribution in [3.05, 3.63) is 65.7 Å². The van der Waals surface area contributed by atoms with Crippen LogP contribution in [0.4, 0.5) is 19.3 Å². The highest BCUT2D eigenvalue weighted by atomic mass is 35.5. The lowest BCUT2D eigenvalue weighted by Gasteiger charge is -2.53. The van der Waals surface area contributed by atoms with E-state index in [4.69, 9.17) is 5.73 Å². The number of urea groups is 1. The van der Waals surface area contributed by atoms with E-state index < -0.39 is 6.03 Å². The minimum atomic E-state index is -0.527.